The van der Waals surface area contributed by atoms with Gasteiger partial charge in [0.05, 0.1) is 5.25 Å². The summed E-state index contributed by atoms with van der Waals surface area (Å²) in [5, 5.41) is 11.0. The van der Waals surface area contributed by atoms with E-state index in [4.69, 9.17) is 10.6 Å². The van der Waals surface area contributed by atoms with Gasteiger partial charge in [0.15, 0.2) is 5.82 Å². The molecule has 1 aromatic heterocycles. The van der Waals surface area contributed by atoms with Crippen LogP contribution in [0.25, 0.3) is 0 Å². The molecule has 1 heterocycles. The third-order valence-corrected chi connectivity index (χ3v) is 6.23. The molecule has 0 saturated heterocycles. The van der Waals surface area contributed by atoms with Gasteiger partial charge in [-0.2, -0.15) is 0 Å². The zero-order valence-corrected chi connectivity index (χ0v) is 19.4. The Bertz CT molecular complexity index is 1070. The Labute approximate surface area is 191 Å². The lowest BCUT2D eigenvalue weighted by atomic mass is 10.0. The van der Waals surface area contributed by atoms with Gasteiger partial charge < -0.3 is 15.9 Å². The Kier molecular flexibility index (Phi) is 7.74. The van der Waals surface area contributed by atoms with E-state index < -0.39 is 5.25 Å². The molecule has 3 aromatic rings. The van der Waals surface area contributed by atoms with Crippen molar-refractivity contribution >= 4 is 23.4 Å². The quantitative estimate of drug-likeness (QED) is 0.359. The van der Waals surface area contributed by atoms with E-state index in [-0.39, 0.29) is 18.3 Å². The summed E-state index contributed by atoms with van der Waals surface area (Å²) in [5.74, 6) is 7.18. The van der Waals surface area contributed by atoms with E-state index in [0.29, 0.717) is 29.0 Å². The lowest BCUT2D eigenvalue weighted by Crippen LogP contribution is -2.26. The molecular weight excluding hydrogens is 429 g/mol. The molecule has 0 fully saturated rings. The molecule has 170 valence electrons. The van der Waals surface area contributed by atoms with Crippen molar-refractivity contribution in [2.75, 3.05) is 11.2 Å². The first-order valence-electron chi connectivity index (χ1n) is 10.4. The van der Waals surface area contributed by atoms with Crippen LogP contribution in [0.4, 0.5) is 10.1 Å². The van der Waals surface area contributed by atoms with Crippen molar-refractivity contribution in [2.45, 2.75) is 57.0 Å². The largest absolute Gasteiger partial charge is 0.485 e. The van der Waals surface area contributed by atoms with Gasteiger partial charge in [0, 0.05) is 5.69 Å². The SMILES string of the molecule is CCC(Sc1nnc(COc2cc(C)ccc2C(C)C)n1N)C(=O)Nc1ccc(F)cc1. The van der Waals surface area contributed by atoms with Crippen LogP contribution in [0.3, 0.4) is 0 Å². The van der Waals surface area contributed by atoms with E-state index in [1.54, 1.807) is 0 Å². The number of nitrogen functional groups attached to an aromatic ring is 1. The third-order valence-electron chi connectivity index (χ3n) is 4.91. The Hall–Kier alpha value is -3.07. The molecule has 32 heavy (non-hydrogen) atoms. The predicted molar refractivity (Wildman–Crippen MR) is 125 cm³/mol. The van der Waals surface area contributed by atoms with Gasteiger partial charge in [-0.25, -0.2) is 9.07 Å². The molecule has 3 rings (SSSR count). The minimum atomic E-state index is -0.440. The molecule has 1 unspecified atom stereocenters. The van der Waals surface area contributed by atoms with Crippen LogP contribution >= 0.6 is 11.8 Å². The van der Waals surface area contributed by atoms with Crippen LogP contribution in [0.2, 0.25) is 0 Å². The second-order valence-corrected chi connectivity index (χ2v) is 8.93. The molecule has 3 N–H and O–H groups in total. The van der Waals surface area contributed by atoms with Gasteiger partial charge in [-0.3, -0.25) is 4.79 Å². The molecule has 1 amide bonds. The number of nitrogens with zero attached hydrogens (tertiary/aromatic N) is 3. The Morgan fingerprint density at radius 1 is 1.22 bits per heavy atom. The number of carbonyl (C=O) groups excluding carboxylic acids is 1. The molecule has 1 atom stereocenters. The van der Waals surface area contributed by atoms with Crippen molar-refractivity contribution in [1.82, 2.24) is 14.9 Å². The number of hydrogen-bond donors (Lipinski definition) is 2. The Morgan fingerprint density at radius 2 is 1.94 bits per heavy atom. The van der Waals surface area contributed by atoms with E-state index in [1.807, 2.05) is 19.9 Å². The first kappa shape index (κ1) is 23.6. The molecule has 0 aliphatic carbocycles. The molecule has 0 spiro atoms. The van der Waals surface area contributed by atoms with Gasteiger partial charge in [0.25, 0.3) is 0 Å². The fraction of sp³-hybridized carbons (Fsp3) is 0.348. The number of hydrogen-bond acceptors (Lipinski definition) is 6. The summed E-state index contributed by atoms with van der Waals surface area (Å²) in [5.41, 5.74) is 2.74. The number of amides is 1. The molecular formula is C23H28FN5O2S. The van der Waals surface area contributed by atoms with E-state index in [2.05, 4.69) is 41.5 Å². The molecule has 0 saturated carbocycles. The van der Waals surface area contributed by atoms with E-state index in [0.717, 1.165) is 16.9 Å². The first-order chi connectivity index (χ1) is 15.3. The van der Waals surface area contributed by atoms with Crippen molar-refractivity contribution in [3.8, 4) is 5.75 Å². The fourth-order valence-corrected chi connectivity index (χ4v) is 3.97. The number of aryl methyl sites for hydroxylation is 1. The lowest BCUT2D eigenvalue weighted by molar-refractivity contribution is -0.115. The normalized spacial score (nSPS) is 12.1. The zero-order valence-electron chi connectivity index (χ0n) is 18.6. The van der Waals surface area contributed by atoms with Crippen LogP contribution in [-0.2, 0) is 11.4 Å². The summed E-state index contributed by atoms with van der Waals surface area (Å²) in [7, 11) is 0. The summed E-state index contributed by atoms with van der Waals surface area (Å²) >= 11 is 1.22. The predicted octanol–water partition coefficient (Wildman–Crippen LogP) is 4.65. The summed E-state index contributed by atoms with van der Waals surface area (Å²) < 4.78 is 20.4. The molecule has 7 nitrogen and oxygen atoms in total. The number of nitrogens with two attached hydrogens (primary N) is 1. The number of nitrogens with one attached hydrogen (secondary N) is 1. The van der Waals surface area contributed by atoms with Crippen LogP contribution in [-0.4, -0.2) is 26.0 Å². The average Bonchev–Trinajstić information content (AvgIpc) is 3.11. The standard InChI is InChI=1S/C23H28FN5O2S/c1-5-20(22(30)26-17-9-7-16(24)8-10-17)32-23-28-27-21(29(23)25)13-31-19-12-15(4)6-11-18(19)14(2)3/h6-12,14,20H,5,13,25H2,1-4H3,(H,26,30). The van der Waals surface area contributed by atoms with Crippen molar-refractivity contribution in [2.24, 2.45) is 0 Å². The van der Waals surface area contributed by atoms with Gasteiger partial charge in [0.1, 0.15) is 18.2 Å². The van der Waals surface area contributed by atoms with E-state index >= 15 is 0 Å². The van der Waals surface area contributed by atoms with Crippen LogP contribution in [0.1, 0.15) is 50.1 Å². The van der Waals surface area contributed by atoms with Crippen molar-refractivity contribution in [3.05, 3.63) is 65.2 Å². The summed E-state index contributed by atoms with van der Waals surface area (Å²) in [6, 6.07) is 11.7. The van der Waals surface area contributed by atoms with Gasteiger partial charge in [-0.1, -0.05) is 44.7 Å². The Morgan fingerprint density at radius 3 is 2.59 bits per heavy atom. The van der Waals surface area contributed by atoms with Crippen LogP contribution in [0.5, 0.6) is 5.75 Å². The maximum absolute atomic E-state index is 13.1. The van der Waals surface area contributed by atoms with Crippen LogP contribution in [0, 0.1) is 12.7 Å². The highest BCUT2D eigenvalue weighted by molar-refractivity contribution is 8.00. The first-order valence-corrected chi connectivity index (χ1v) is 11.3. The summed E-state index contributed by atoms with van der Waals surface area (Å²) in [4.78, 5) is 12.6. The monoisotopic (exact) mass is 457 g/mol. The number of rotatable bonds is 9. The second-order valence-electron chi connectivity index (χ2n) is 7.76. The van der Waals surface area contributed by atoms with Gasteiger partial charge in [-0.05, 0) is 60.7 Å². The number of aromatic nitrogens is 3. The smallest absolute Gasteiger partial charge is 0.237 e. The van der Waals surface area contributed by atoms with E-state index in [1.165, 1.54) is 40.7 Å². The third kappa shape index (κ3) is 5.79. The Balaban J connectivity index is 1.66. The second kappa shape index (κ2) is 10.5. The topological polar surface area (TPSA) is 95.1 Å². The molecule has 0 aliphatic rings. The highest BCUT2D eigenvalue weighted by atomic mass is 32.2. The van der Waals surface area contributed by atoms with Gasteiger partial charge in [-0.15, -0.1) is 10.2 Å². The molecule has 0 bridgehead atoms. The zero-order chi connectivity index (χ0) is 23.3. The van der Waals surface area contributed by atoms with Crippen molar-refractivity contribution in [1.29, 1.82) is 0 Å². The van der Waals surface area contributed by atoms with Crippen molar-refractivity contribution < 1.29 is 13.9 Å². The van der Waals surface area contributed by atoms with Crippen LogP contribution < -0.4 is 15.9 Å². The highest BCUT2D eigenvalue weighted by Crippen LogP contribution is 2.29. The maximum atomic E-state index is 13.1. The molecule has 9 heteroatoms. The number of anilines is 1. The molecule has 0 radical (unpaired) electrons. The lowest BCUT2D eigenvalue weighted by Gasteiger charge is -2.15. The maximum Gasteiger partial charge on any atom is 0.237 e. The number of benzene rings is 2. The highest BCUT2D eigenvalue weighted by Gasteiger charge is 2.22. The van der Waals surface area contributed by atoms with Crippen molar-refractivity contribution in [3.63, 3.8) is 0 Å². The summed E-state index contributed by atoms with van der Waals surface area (Å²) in [6.07, 6.45) is 0.553. The minimum absolute atomic E-state index is 0.159. The summed E-state index contributed by atoms with van der Waals surface area (Å²) in [6.45, 7) is 8.29. The molecule has 0 aliphatic heterocycles. The minimum Gasteiger partial charge on any atom is -0.485 e. The van der Waals surface area contributed by atoms with Crippen LogP contribution in [0.15, 0.2) is 47.6 Å². The average molecular weight is 458 g/mol. The van der Waals surface area contributed by atoms with E-state index in [9.17, 15) is 9.18 Å². The number of thioether (sulfide) groups is 1. The number of ether oxygens (including phenoxy) is 1. The fourth-order valence-electron chi connectivity index (χ4n) is 3.08. The number of halogens is 1. The molecule has 2 aromatic carbocycles. The van der Waals surface area contributed by atoms with Gasteiger partial charge in [0.2, 0.25) is 11.1 Å². The van der Waals surface area contributed by atoms with Gasteiger partial charge >= 0.3 is 0 Å². The number of carbonyl (C=O) groups is 1.